The molecule has 4 nitrogen and oxygen atoms in total. The molecule has 1 aliphatic heterocycles. The molecule has 0 saturated carbocycles. The Morgan fingerprint density at radius 3 is 2.95 bits per heavy atom. The zero-order valence-corrected chi connectivity index (χ0v) is 12.1. The summed E-state index contributed by atoms with van der Waals surface area (Å²) in [6, 6.07) is 9.40. The molecule has 1 aromatic carbocycles. The molecule has 0 N–H and O–H groups in total. The minimum atomic E-state index is -0.266. The van der Waals surface area contributed by atoms with Crippen molar-refractivity contribution in [2.75, 3.05) is 6.61 Å². The molecule has 2 aromatic rings. The van der Waals surface area contributed by atoms with Crippen molar-refractivity contribution in [2.45, 2.75) is 25.9 Å². The molecule has 0 bridgehead atoms. The van der Waals surface area contributed by atoms with E-state index in [9.17, 15) is 4.79 Å². The SMILES string of the molecule is CC(C)Oc1cncc(C(=O)C2COc3ccccc32)c1. The highest BCUT2D eigenvalue weighted by atomic mass is 16.5. The van der Waals surface area contributed by atoms with Crippen molar-refractivity contribution >= 4 is 5.78 Å². The lowest BCUT2D eigenvalue weighted by atomic mass is 9.93. The van der Waals surface area contributed by atoms with Crippen LogP contribution in [0.4, 0.5) is 0 Å². The Hall–Kier alpha value is -2.36. The molecule has 0 amide bonds. The van der Waals surface area contributed by atoms with Gasteiger partial charge in [-0.1, -0.05) is 18.2 Å². The van der Waals surface area contributed by atoms with Crippen molar-refractivity contribution in [3.05, 3.63) is 53.9 Å². The normalized spacial score (nSPS) is 16.4. The molecule has 1 aliphatic rings. The van der Waals surface area contributed by atoms with Crippen molar-refractivity contribution in [3.63, 3.8) is 0 Å². The van der Waals surface area contributed by atoms with Gasteiger partial charge in [0.15, 0.2) is 5.78 Å². The summed E-state index contributed by atoms with van der Waals surface area (Å²) in [5.41, 5.74) is 1.50. The average molecular weight is 283 g/mol. The van der Waals surface area contributed by atoms with Crippen LogP contribution in [-0.4, -0.2) is 23.5 Å². The van der Waals surface area contributed by atoms with Gasteiger partial charge in [0, 0.05) is 17.3 Å². The number of carbonyl (C=O) groups is 1. The van der Waals surface area contributed by atoms with Crippen molar-refractivity contribution in [2.24, 2.45) is 0 Å². The van der Waals surface area contributed by atoms with Gasteiger partial charge in [-0.05, 0) is 26.0 Å². The highest BCUT2D eigenvalue weighted by molar-refractivity contribution is 6.01. The van der Waals surface area contributed by atoms with E-state index in [4.69, 9.17) is 9.47 Å². The van der Waals surface area contributed by atoms with Gasteiger partial charge in [0.2, 0.25) is 0 Å². The summed E-state index contributed by atoms with van der Waals surface area (Å²) in [6.45, 7) is 4.26. The van der Waals surface area contributed by atoms with E-state index in [1.54, 1.807) is 18.5 Å². The summed E-state index contributed by atoms with van der Waals surface area (Å²) >= 11 is 0. The van der Waals surface area contributed by atoms with Gasteiger partial charge in [0.05, 0.1) is 18.2 Å². The van der Waals surface area contributed by atoms with E-state index in [0.717, 1.165) is 11.3 Å². The molecule has 0 saturated heterocycles. The van der Waals surface area contributed by atoms with Crippen LogP contribution in [0, 0.1) is 0 Å². The maximum atomic E-state index is 12.7. The van der Waals surface area contributed by atoms with Crippen molar-refractivity contribution in [1.82, 2.24) is 4.98 Å². The topological polar surface area (TPSA) is 48.4 Å². The number of carbonyl (C=O) groups excluding carboxylic acids is 1. The molecule has 0 radical (unpaired) electrons. The van der Waals surface area contributed by atoms with Gasteiger partial charge in [-0.2, -0.15) is 0 Å². The first kappa shape index (κ1) is 13.6. The Labute approximate surface area is 123 Å². The molecule has 4 heteroatoms. The van der Waals surface area contributed by atoms with Crippen LogP contribution in [-0.2, 0) is 0 Å². The van der Waals surface area contributed by atoms with E-state index in [0.29, 0.717) is 17.9 Å². The van der Waals surface area contributed by atoms with Crippen LogP contribution in [0.15, 0.2) is 42.7 Å². The molecular weight excluding hydrogens is 266 g/mol. The Kier molecular flexibility index (Phi) is 3.60. The first-order chi connectivity index (χ1) is 10.1. The molecule has 1 atom stereocenters. The number of hydrogen-bond acceptors (Lipinski definition) is 4. The largest absolute Gasteiger partial charge is 0.492 e. The van der Waals surface area contributed by atoms with Gasteiger partial charge in [0.1, 0.15) is 18.1 Å². The number of rotatable bonds is 4. The Morgan fingerprint density at radius 1 is 1.33 bits per heavy atom. The van der Waals surface area contributed by atoms with E-state index >= 15 is 0 Å². The first-order valence-electron chi connectivity index (χ1n) is 7.03. The number of aromatic nitrogens is 1. The summed E-state index contributed by atoms with van der Waals surface area (Å²) in [6.07, 6.45) is 3.25. The van der Waals surface area contributed by atoms with Gasteiger partial charge in [-0.3, -0.25) is 9.78 Å². The molecule has 108 valence electrons. The lowest BCUT2D eigenvalue weighted by Gasteiger charge is -2.11. The third kappa shape index (κ3) is 2.75. The monoisotopic (exact) mass is 283 g/mol. The summed E-state index contributed by atoms with van der Waals surface area (Å²) in [5.74, 6) is 1.15. The minimum Gasteiger partial charge on any atom is -0.492 e. The highest BCUT2D eigenvalue weighted by Crippen LogP contribution is 2.35. The second-order valence-electron chi connectivity index (χ2n) is 5.34. The van der Waals surface area contributed by atoms with Crippen LogP contribution in [0.1, 0.15) is 35.7 Å². The third-order valence-corrected chi connectivity index (χ3v) is 3.39. The highest BCUT2D eigenvalue weighted by Gasteiger charge is 2.31. The van der Waals surface area contributed by atoms with Crippen LogP contribution in [0.25, 0.3) is 0 Å². The molecule has 0 fully saturated rings. The zero-order valence-electron chi connectivity index (χ0n) is 12.1. The van der Waals surface area contributed by atoms with E-state index < -0.39 is 0 Å². The predicted octanol–water partition coefficient (Wildman–Crippen LogP) is 3.23. The average Bonchev–Trinajstić information content (AvgIpc) is 2.90. The summed E-state index contributed by atoms with van der Waals surface area (Å²) < 4.78 is 11.2. The summed E-state index contributed by atoms with van der Waals surface area (Å²) in [7, 11) is 0. The number of hydrogen-bond donors (Lipinski definition) is 0. The number of fused-ring (bicyclic) bond motifs is 1. The fraction of sp³-hybridized carbons (Fsp3) is 0.294. The van der Waals surface area contributed by atoms with E-state index in [2.05, 4.69) is 4.98 Å². The smallest absolute Gasteiger partial charge is 0.175 e. The quantitative estimate of drug-likeness (QED) is 0.808. The first-order valence-corrected chi connectivity index (χ1v) is 7.03. The maximum Gasteiger partial charge on any atom is 0.175 e. The summed E-state index contributed by atoms with van der Waals surface area (Å²) in [5, 5.41) is 0. The molecule has 2 heterocycles. The standard InChI is InChI=1S/C17H17NO3/c1-11(2)21-13-7-12(8-18-9-13)17(19)15-10-20-16-6-4-3-5-14(15)16/h3-9,11,15H,10H2,1-2H3. The van der Waals surface area contributed by atoms with E-state index in [1.165, 1.54) is 0 Å². The lowest BCUT2D eigenvalue weighted by molar-refractivity contribution is 0.0946. The second kappa shape index (κ2) is 5.56. The van der Waals surface area contributed by atoms with Crippen LogP contribution < -0.4 is 9.47 Å². The Bertz CT molecular complexity index is 667. The van der Waals surface area contributed by atoms with Gasteiger partial charge < -0.3 is 9.47 Å². The third-order valence-electron chi connectivity index (χ3n) is 3.39. The van der Waals surface area contributed by atoms with Gasteiger partial charge >= 0.3 is 0 Å². The number of ketones is 1. The Morgan fingerprint density at radius 2 is 2.14 bits per heavy atom. The van der Waals surface area contributed by atoms with Crippen molar-refractivity contribution in [3.8, 4) is 11.5 Å². The molecule has 1 aromatic heterocycles. The lowest BCUT2D eigenvalue weighted by Crippen LogP contribution is -2.15. The fourth-order valence-corrected chi connectivity index (χ4v) is 2.47. The fourth-order valence-electron chi connectivity index (χ4n) is 2.47. The number of Topliss-reactive ketones (excluding diaryl/α,β-unsaturated/α-hetero) is 1. The van der Waals surface area contributed by atoms with Crippen LogP contribution >= 0.6 is 0 Å². The van der Waals surface area contributed by atoms with Crippen molar-refractivity contribution in [1.29, 1.82) is 0 Å². The number of ether oxygens (including phenoxy) is 2. The molecular formula is C17H17NO3. The van der Waals surface area contributed by atoms with E-state index in [1.807, 2.05) is 38.1 Å². The Balaban J connectivity index is 1.86. The molecule has 0 aliphatic carbocycles. The molecule has 1 unspecified atom stereocenters. The number of benzene rings is 1. The number of pyridine rings is 1. The number of para-hydroxylation sites is 1. The number of nitrogens with zero attached hydrogens (tertiary/aromatic N) is 1. The zero-order chi connectivity index (χ0) is 14.8. The van der Waals surface area contributed by atoms with Gasteiger partial charge in [-0.15, -0.1) is 0 Å². The van der Waals surface area contributed by atoms with Crippen LogP contribution in [0.2, 0.25) is 0 Å². The van der Waals surface area contributed by atoms with Crippen LogP contribution in [0.5, 0.6) is 11.5 Å². The molecule has 3 rings (SSSR count). The van der Waals surface area contributed by atoms with Crippen LogP contribution in [0.3, 0.4) is 0 Å². The molecule has 21 heavy (non-hydrogen) atoms. The van der Waals surface area contributed by atoms with Crippen molar-refractivity contribution < 1.29 is 14.3 Å². The van der Waals surface area contributed by atoms with Gasteiger partial charge in [0.25, 0.3) is 0 Å². The minimum absolute atomic E-state index is 0.0154. The maximum absolute atomic E-state index is 12.7. The van der Waals surface area contributed by atoms with E-state index in [-0.39, 0.29) is 17.8 Å². The predicted molar refractivity (Wildman–Crippen MR) is 79.0 cm³/mol. The second-order valence-corrected chi connectivity index (χ2v) is 5.34. The summed E-state index contributed by atoms with van der Waals surface area (Å²) in [4.78, 5) is 16.8. The molecule has 0 spiro atoms. The van der Waals surface area contributed by atoms with Gasteiger partial charge in [-0.25, -0.2) is 0 Å².